The van der Waals surface area contributed by atoms with Crippen molar-refractivity contribution in [3.8, 4) is 5.75 Å². The molecule has 0 bridgehead atoms. The number of ether oxygens (including phenoxy) is 1. The van der Waals surface area contributed by atoms with Crippen molar-refractivity contribution in [3.05, 3.63) is 47.0 Å². The van der Waals surface area contributed by atoms with Gasteiger partial charge in [0, 0.05) is 10.6 Å². The topological polar surface area (TPSA) is 35.0 Å². The zero-order valence-corrected chi connectivity index (χ0v) is 11.8. The van der Waals surface area contributed by atoms with Crippen molar-refractivity contribution < 1.29 is 4.74 Å². The maximum atomic E-state index is 5.88. The number of benzene rings is 1. The van der Waals surface area contributed by atoms with Gasteiger partial charge in [-0.25, -0.2) is 9.97 Å². The van der Waals surface area contributed by atoms with Gasteiger partial charge in [-0.2, -0.15) is 0 Å². The highest BCUT2D eigenvalue weighted by molar-refractivity contribution is 7.98. The molecule has 2 rings (SSSR count). The van der Waals surface area contributed by atoms with Crippen LogP contribution in [0.15, 0.2) is 35.2 Å². The van der Waals surface area contributed by atoms with Crippen molar-refractivity contribution in [3.63, 3.8) is 0 Å². The molecule has 0 spiro atoms. The van der Waals surface area contributed by atoms with E-state index in [0.29, 0.717) is 17.6 Å². The van der Waals surface area contributed by atoms with Crippen LogP contribution in [0.25, 0.3) is 0 Å². The van der Waals surface area contributed by atoms with Gasteiger partial charge in [0.15, 0.2) is 5.82 Å². The Kier molecular flexibility index (Phi) is 4.44. The van der Waals surface area contributed by atoms with E-state index in [2.05, 4.69) is 9.97 Å². The number of nitrogens with zero attached hydrogens (tertiary/aromatic N) is 2. The number of aromatic nitrogens is 2. The van der Waals surface area contributed by atoms with Crippen LogP contribution in [-0.4, -0.2) is 16.2 Å². The first kappa shape index (κ1) is 13.2. The monoisotopic (exact) mass is 280 g/mol. The average Bonchev–Trinajstić information content (AvgIpc) is 2.35. The molecular formula is C13H13ClN2OS. The van der Waals surface area contributed by atoms with Crippen LogP contribution >= 0.6 is 23.4 Å². The van der Waals surface area contributed by atoms with E-state index in [1.54, 1.807) is 17.8 Å². The minimum atomic E-state index is 0.318. The molecule has 0 N–H and O–H groups in total. The molecule has 3 nitrogen and oxygen atoms in total. The third-order valence-corrected chi connectivity index (χ3v) is 3.27. The fraction of sp³-hybridized carbons (Fsp3) is 0.231. The summed E-state index contributed by atoms with van der Waals surface area (Å²) in [6.07, 6.45) is 2.02. The fourth-order valence-corrected chi connectivity index (χ4v) is 2.33. The highest BCUT2D eigenvalue weighted by Gasteiger charge is 2.05. The lowest BCUT2D eigenvalue weighted by molar-refractivity contribution is 0.288. The Labute approximate surface area is 116 Å². The molecule has 0 fully saturated rings. The van der Waals surface area contributed by atoms with Crippen LogP contribution in [-0.2, 0) is 6.61 Å². The predicted molar refractivity (Wildman–Crippen MR) is 74.3 cm³/mol. The molecule has 18 heavy (non-hydrogen) atoms. The molecule has 0 aliphatic heterocycles. The maximum absolute atomic E-state index is 5.88. The van der Waals surface area contributed by atoms with Gasteiger partial charge < -0.3 is 4.74 Å². The maximum Gasteiger partial charge on any atom is 0.167 e. The summed E-state index contributed by atoms with van der Waals surface area (Å²) in [4.78, 5) is 9.50. The summed E-state index contributed by atoms with van der Waals surface area (Å²) >= 11 is 7.52. The first-order valence-corrected chi connectivity index (χ1v) is 7.05. The van der Waals surface area contributed by atoms with Crippen molar-refractivity contribution in [1.82, 2.24) is 9.97 Å². The van der Waals surface area contributed by atoms with Gasteiger partial charge in [0.25, 0.3) is 0 Å². The van der Waals surface area contributed by atoms with Gasteiger partial charge in [0.1, 0.15) is 17.5 Å². The highest BCUT2D eigenvalue weighted by Crippen LogP contribution is 2.27. The van der Waals surface area contributed by atoms with Gasteiger partial charge in [-0.3, -0.25) is 0 Å². The standard InChI is InChI=1S/C13H13ClN2OS/c1-9-7-12(14)16-13(15-9)8-17-10-5-3-4-6-11(10)18-2/h3-7H,8H2,1-2H3. The molecule has 0 atom stereocenters. The minimum Gasteiger partial charge on any atom is -0.484 e. The van der Waals surface area contributed by atoms with E-state index in [1.165, 1.54) is 0 Å². The van der Waals surface area contributed by atoms with Crippen LogP contribution in [0.3, 0.4) is 0 Å². The van der Waals surface area contributed by atoms with E-state index >= 15 is 0 Å². The van der Waals surface area contributed by atoms with Crippen molar-refractivity contribution in [2.75, 3.05) is 6.26 Å². The van der Waals surface area contributed by atoms with Gasteiger partial charge in [-0.15, -0.1) is 11.8 Å². The zero-order valence-electron chi connectivity index (χ0n) is 10.2. The molecule has 0 aliphatic rings. The second-order valence-corrected chi connectivity index (χ2v) is 4.92. The van der Waals surface area contributed by atoms with E-state index < -0.39 is 0 Å². The molecule has 0 radical (unpaired) electrons. The summed E-state index contributed by atoms with van der Waals surface area (Å²) in [6.45, 7) is 2.20. The van der Waals surface area contributed by atoms with Crippen LogP contribution in [0.4, 0.5) is 0 Å². The van der Waals surface area contributed by atoms with Gasteiger partial charge in [-0.1, -0.05) is 23.7 Å². The first-order chi connectivity index (χ1) is 8.69. The van der Waals surface area contributed by atoms with Crippen LogP contribution in [0.5, 0.6) is 5.75 Å². The van der Waals surface area contributed by atoms with Crippen LogP contribution < -0.4 is 4.74 Å². The third-order valence-electron chi connectivity index (χ3n) is 2.30. The summed E-state index contributed by atoms with van der Waals surface area (Å²) in [7, 11) is 0. The van der Waals surface area contributed by atoms with Gasteiger partial charge in [0.2, 0.25) is 0 Å². The second-order valence-electron chi connectivity index (χ2n) is 3.69. The third kappa shape index (κ3) is 3.37. The Hall–Kier alpha value is -1.26. The number of halogens is 1. The summed E-state index contributed by atoms with van der Waals surface area (Å²) in [6, 6.07) is 9.60. The second kappa shape index (κ2) is 6.07. The molecule has 1 aromatic carbocycles. The van der Waals surface area contributed by atoms with Crippen molar-refractivity contribution >= 4 is 23.4 Å². The Morgan fingerprint density at radius 3 is 2.78 bits per heavy atom. The fourth-order valence-electron chi connectivity index (χ4n) is 1.53. The smallest absolute Gasteiger partial charge is 0.167 e. The molecule has 0 aliphatic carbocycles. The van der Waals surface area contributed by atoms with Crippen LogP contribution in [0.1, 0.15) is 11.5 Å². The van der Waals surface area contributed by atoms with Crippen molar-refractivity contribution in [2.45, 2.75) is 18.4 Å². The lowest BCUT2D eigenvalue weighted by atomic mass is 10.3. The number of hydrogen-bond donors (Lipinski definition) is 0. The molecule has 1 heterocycles. The Morgan fingerprint density at radius 2 is 2.06 bits per heavy atom. The summed E-state index contributed by atoms with van der Waals surface area (Å²) < 4.78 is 5.72. The average molecular weight is 281 g/mol. The van der Waals surface area contributed by atoms with Gasteiger partial charge >= 0.3 is 0 Å². The summed E-state index contributed by atoms with van der Waals surface area (Å²) in [5.74, 6) is 1.43. The van der Waals surface area contributed by atoms with E-state index in [4.69, 9.17) is 16.3 Å². The van der Waals surface area contributed by atoms with Crippen molar-refractivity contribution in [1.29, 1.82) is 0 Å². The minimum absolute atomic E-state index is 0.318. The molecule has 1 aromatic heterocycles. The number of rotatable bonds is 4. The number of aryl methyl sites for hydroxylation is 1. The lowest BCUT2D eigenvalue weighted by Gasteiger charge is -2.09. The Morgan fingerprint density at radius 1 is 1.28 bits per heavy atom. The Balaban J connectivity index is 2.11. The van der Waals surface area contributed by atoms with Crippen LogP contribution in [0.2, 0.25) is 5.15 Å². The molecule has 0 saturated heterocycles. The summed E-state index contributed by atoms with van der Waals surface area (Å²) in [5, 5.41) is 0.444. The number of thioether (sulfide) groups is 1. The molecule has 0 amide bonds. The predicted octanol–water partition coefficient (Wildman–Crippen LogP) is 3.74. The van der Waals surface area contributed by atoms with E-state index in [1.807, 2.05) is 37.4 Å². The number of hydrogen-bond acceptors (Lipinski definition) is 4. The van der Waals surface area contributed by atoms with Gasteiger partial charge in [-0.05, 0) is 31.4 Å². The normalized spacial score (nSPS) is 10.4. The quantitative estimate of drug-likeness (QED) is 0.631. The molecule has 2 aromatic rings. The van der Waals surface area contributed by atoms with E-state index in [9.17, 15) is 0 Å². The molecule has 94 valence electrons. The highest BCUT2D eigenvalue weighted by atomic mass is 35.5. The molecule has 0 saturated carbocycles. The first-order valence-electron chi connectivity index (χ1n) is 5.45. The van der Waals surface area contributed by atoms with Crippen molar-refractivity contribution in [2.24, 2.45) is 0 Å². The summed E-state index contributed by atoms with van der Waals surface area (Å²) in [5.41, 5.74) is 0.840. The van der Waals surface area contributed by atoms with Crippen LogP contribution in [0, 0.1) is 6.92 Å². The van der Waals surface area contributed by atoms with E-state index in [0.717, 1.165) is 16.3 Å². The SMILES string of the molecule is CSc1ccccc1OCc1nc(C)cc(Cl)n1. The largest absolute Gasteiger partial charge is 0.484 e. The lowest BCUT2D eigenvalue weighted by Crippen LogP contribution is -2.03. The molecular weight excluding hydrogens is 268 g/mol. The molecule has 0 unspecified atom stereocenters. The number of para-hydroxylation sites is 1. The zero-order chi connectivity index (χ0) is 13.0. The van der Waals surface area contributed by atoms with Gasteiger partial charge in [0.05, 0.1) is 0 Å². The Bertz CT molecular complexity index is 528. The van der Waals surface area contributed by atoms with E-state index in [-0.39, 0.29) is 0 Å². The molecule has 5 heteroatoms.